The van der Waals surface area contributed by atoms with Crippen molar-refractivity contribution in [1.82, 2.24) is 14.9 Å². The molecule has 0 bridgehead atoms. The van der Waals surface area contributed by atoms with Crippen molar-refractivity contribution in [3.8, 4) is 22.8 Å². The summed E-state index contributed by atoms with van der Waals surface area (Å²) in [4.78, 5) is 38.3. The predicted molar refractivity (Wildman–Crippen MR) is 153 cm³/mol. The molecule has 0 spiro atoms. The minimum atomic E-state index is -0.431. The van der Waals surface area contributed by atoms with E-state index in [1.54, 1.807) is 33.4 Å². The van der Waals surface area contributed by atoms with Crippen molar-refractivity contribution in [2.45, 2.75) is 38.9 Å². The fourth-order valence-corrected chi connectivity index (χ4v) is 5.42. The molecule has 0 radical (unpaired) electrons. The lowest BCUT2D eigenvalue weighted by Crippen LogP contribution is -2.40. The third kappa shape index (κ3) is 6.23. The van der Waals surface area contributed by atoms with Gasteiger partial charge in [-0.25, -0.2) is 9.97 Å². The van der Waals surface area contributed by atoms with Gasteiger partial charge in [0.1, 0.15) is 18.0 Å². The van der Waals surface area contributed by atoms with Crippen molar-refractivity contribution in [1.29, 1.82) is 0 Å². The molecule has 0 atom stereocenters. The molecule has 11 heteroatoms. The third-order valence-electron chi connectivity index (χ3n) is 7.34. The van der Waals surface area contributed by atoms with Crippen LogP contribution in [-0.4, -0.2) is 73.4 Å². The van der Waals surface area contributed by atoms with E-state index in [0.717, 1.165) is 24.0 Å². The number of halogens is 1. The maximum absolute atomic E-state index is 13.1. The minimum Gasteiger partial charge on any atom is -0.497 e. The molecule has 2 aliphatic rings. The Morgan fingerprint density at radius 1 is 1.15 bits per heavy atom. The lowest BCUT2D eigenvalue weighted by atomic mass is 10.0. The summed E-state index contributed by atoms with van der Waals surface area (Å²) in [7, 11) is 3.26. The molecule has 0 unspecified atom stereocenters. The number of amides is 1. The van der Waals surface area contributed by atoms with Gasteiger partial charge in [0.15, 0.2) is 0 Å². The Balaban J connectivity index is 1.47. The van der Waals surface area contributed by atoms with Gasteiger partial charge < -0.3 is 28.7 Å². The molecule has 41 heavy (non-hydrogen) atoms. The van der Waals surface area contributed by atoms with Crippen LogP contribution in [0.3, 0.4) is 0 Å². The summed E-state index contributed by atoms with van der Waals surface area (Å²) < 4.78 is 21.7. The van der Waals surface area contributed by atoms with Gasteiger partial charge in [0, 0.05) is 55.1 Å². The van der Waals surface area contributed by atoms with Crippen molar-refractivity contribution in [2.75, 3.05) is 45.5 Å². The van der Waals surface area contributed by atoms with Crippen LogP contribution in [0.5, 0.6) is 11.5 Å². The number of carbonyl (C=O) groups excluding carboxylic acids is 2. The normalized spacial score (nSPS) is 15.0. The average molecular weight is 581 g/mol. The fraction of sp³-hybridized carbons (Fsp3) is 0.400. The maximum Gasteiger partial charge on any atom is 0.325 e. The van der Waals surface area contributed by atoms with E-state index in [1.165, 1.54) is 4.90 Å². The van der Waals surface area contributed by atoms with Gasteiger partial charge in [-0.05, 0) is 43.5 Å². The molecule has 2 aliphatic heterocycles. The van der Waals surface area contributed by atoms with Crippen LogP contribution in [0.4, 0.5) is 5.95 Å². The first-order valence-corrected chi connectivity index (χ1v) is 14.0. The molecule has 0 N–H and O–H groups in total. The summed E-state index contributed by atoms with van der Waals surface area (Å²) in [5, 5.41) is 0.372. The number of carbonyl (C=O) groups is 2. The lowest BCUT2D eigenvalue weighted by Gasteiger charge is -2.35. The van der Waals surface area contributed by atoms with Crippen molar-refractivity contribution >= 4 is 29.4 Å². The third-order valence-corrected chi connectivity index (χ3v) is 7.62. The van der Waals surface area contributed by atoms with Gasteiger partial charge in [0.25, 0.3) is 5.91 Å². The zero-order valence-corrected chi connectivity index (χ0v) is 24.1. The highest BCUT2D eigenvalue weighted by molar-refractivity contribution is 6.33. The number of hydrogen-bond acceptors (Lipinski definition) is 9. The van der Waals surface area contributed by atoms with E-state index in [1.807, 2.05) is 30.3 Å². The number of fused-ring (bicyclic) bond motifs is 1. The van der Waals surface area contributed by atoms with Gasteiger partial charge in [0.05, 0.1) is 37.7 Å². The molecular formula is C30H33ClN4O6. The zero-order chi connectivity index (χ0) is 28.9. The smallest absolute Gasteiger partial charge is 0.325 e. The molecule has 5 rings (SSSR count). The average Bonchev–Trinajstić information content (AvgIpc) is 3.30. The Bertz CT molecular complexity index is 1430. The number of rotatable bonds is 10. The van der Waals surface area contributed by atoms with Crippen LogP contribution in [0.25, 0.3) is 11.3 Å². The first kappa shape index (κ1) is 28.6. The van der Waals surface area contributed by atoms with E-state index in [-0.39, 0.29) is 25.1 Å². The number of ether oxygens (including phenoxy) is 4. The van der Waals surface area contributed by atoms with Crippen LogP contribution in [0, 0.1) is 0 Å². The van der Waals surface area contributed by atoms with Crippen LogP contribution < -0.4 is 14.4 Å². The van der Waals surface area contributed by atoms with Crippen molar-refractivity contribution in [2.24, 2.45) is 0 Å². The molecular weight excluding hydrogens is 548 g/mol. The van der Waals surface area contributed by atoms with E-state index in [4.69, 9.17) is 35.5 Å². The molecule has 1 fully saturated rings. The SMILES string of the molecule is CCOC(=O)CN1Cc2ccc(-c3nc(N(Cc4ccc(OC)cc4OC)C4CCOCC4)ncc3Cl)cc2C1=O. The van der Waals surface area contributed by atoms with E-state index in [0.29, 0.717) is 65.6 Å². The number of methoxy groups -OCH3 is 2. The molecule has 1 aromatic heterocycles. The van der Waals surface area contributed by atoms with E-state index < -0.39 is 5.97 Å². The maximum atomic E-state index is 13.1. The second-order valence-electron chi connectivity index (χ2n) is 9.85. The number of aromatic nitrogens is 2. The summed E-state index contributed by atoms with van der Waals surface area (Å²) in [5.41, 5.74) is 3.54. The summed E-state index contributed by atoms with van der Waals surface area (Å²) in [6.45, 7) is 4.06. The number of hydrogen-bond donors (Lipinski definition) is 0. The first-order valence-electron chi connectivity index (χ1n) is 13.6. The molecule has 3 heterocycles. The topological polar surface area (TPSA) is 103 Å². The van der Waals surface area contributed by atoms with Crippen molar-refractivity contribution in [3.05, 3.63) is 64.3 Å². The lowest BCUT2D eigenvalue weighted by molar-refractivity contribution is -0.143. The Morgan fingerprint density at radius 2 is 1.95 bits per heavy atom. The Hall–Kier alpha value is -3.89. The van der Waals surface area contributed by atoms with Crippen LogP contribution in [0.15, 0.2) is 42.6 Å². The quantitative estimate of drug-likeness (QED) is 0.320. The second-order valence-corrected chi connectivity index (χ2v) is 10.3. The van der Waals surface area contributed by atoms with Crippen LogP contribution >= 0.6 is 11.6 Å². The zero-order valence-electron chi connectivity index (χ0n) is 23.4. The summed E-state index contributed by atoms with van der Waals surface area (Å²) in [6.07, 6.45) is 3.24. The predicted octanol–water partition coefficient (Wildman–Crippen LogP) is 4.52. The highest BCUT2D eigenvalue weighted by Gasteiger charge is 2.30. The second kappa shape index (κ2) is 12.7. The molecule has 0 saturated carbocycles. The monoisotopic (exact) mass is 580 g/mol. The highest BCUT2D eigenvalue weighted by Crippen LogP contribution is 2.34. The minimum absolute atomic E-state index is 0.0933. The highest BCUT2D eigenvalue weighted by atomic mass is 35.5. The Labute approximate surface area is 244 Å². The molecule has 216 valence electrons. The van der Waals surface area contributed by atoms with E-state index >= 15 is 0 Å². The summed E-state index contributed by atoms with van der Waals surface area (Å²) in [5.74, 6) is 1.28. The van der Waals surface area contributed by atoms with Crippen molar-refractivity contribution < 1.29 is 28.5 Å². The number of esters is 1. The van der Waals surface area contributed by atoms with Gasteiger partial charge in [0.2, 0.25) is 5.95 Å². The number of anilines is 1. The van der Waals surface area contributed by atoms with Crippen LogP contribution in [0.1, 0.15) is 41.3 Å². The Morgan fingerprint density at radius 3 is 2.68 bits per heavy atom. The van der Waals surface area contributed by atoms with Gasteiger partial charge >= 0.3 is 5.97 Å². The van der Waals surface area contributed by atoms with E-state index in [2.05, 4.69) is 9.88 Å². The van der Waals surface area contributed by atoms with Gasteiger partial charge in [-0.15, -0.1) is 0 Å². The van der Waals surface area contributed by atoms with Crippen LogP contribution in [0.2, 0.25) is 5.02 Å². The molecule has 0 aliphatic carbocycles. The number of nitrogens with zero attached hydrogens (tertiary/aromatic N) is 4. The summed E-state index contributed by atoms with van der Waals surface area (Å²) >= 11 is 6.63. The van der Waals surface area contributed by atoms with Gasteiger partial charge in [-0.3, -0.25) is 9.59 Å². The fourth-order valence-electron chi connectivity index (χ4n) is 5.22. The summed E-state index contributed by atoms with van der Waals surface area (Å²) in [6, 6.07) is 11.4. The first-order chi connectivity index (χ1) is 19.9. The molecule has 1 amide bonds. The number of benzene rings is 2. The molecule has 2 aromatic carbocycles. The molecule has 10 nitrogen and oxygen atoms in total. The van der Waals surface area contributed by atoms with E-state index in [9.17, 15) is 9.59 Å². The van der Waals surface area contributed by atoms with Crippen LogP contribution in [-0.2, 0) is 27.4 Å². The van der Waals surface area contributed by atoms with Gasteiger partial charge in [-0.1, -0.05) is 23.7 Å². The van der Waals surface area contributed by atoms with Crippen molar-refractivity contribution in [3.63, 3.8) is 0 Å². The molecule has 3 aromatic rings. The largest absolute Gasteiger partial charge is 0.497 e. The molecule has 1 saturated heterocycles. The standard InChI is InChI=1S/C30H33ClN4O6/c1-4-41-27(36)18-34-16-20-6-5-19(13-24(20)29(34)37)28-25(31)15-32-30(33-28)35(22-9-11-40-12-10-22)17-21-7-8-23(38-2)14-26(21)39-3/h5-8,13-15,22H,4,9-12,16-18H2,1-3H3. The Kier molecular flexibility index (Phi) is 8.90. The van der Waals surface area contributed by atoms with Gasteiger partial charge in [-0.2, -0.15) is 0 Å².